The summed E-state index contributed by atoms with van der Waals surface area (Å²) in [7, 11) is 1.75. The molecule has 0 fully saturated rings. The quantitative estimate of drug-likeness (QED) is 0.891. The number of aryl methyl sites for hydroxylation is 2. The Morgan fingerprint density at radius 3 is 2.89 bits per heavy atom. The molecule has 2 aromatic rings. The third-order valence-corrected chi connectivity index (χ3v) is 2.69. The molecule has 6 heteroatoms. The summed E-state index contributed by atoms with van der Waals surface area (Å²) in [4.78, 5) is 12.0. The first-order chi connectivity index (χ1) is 9.01. The summed E-state index contributed by atoms with van der Waals surface area (Å²) in [5.74, 6) is -1.55. The molecule has 0 saturated heterocycles. The Balaban J connectivity index is 2.25. The number of nitrogens with zero attached hydrogens (tertiary/aromatic N) is 2. The van der Waals surface area contributed by atoms with Gasteiger partial charge in [-0.1, -0.05) is 6.92 Å². The summed E-state index contributed by atoms with van der Waals surface area (Å²) in [5, 5.41) is 15.9. The van der Waals surface area contributed by atoms with Crippen LogP contribution in [-0.2, 0) is 13.5 Å². The molecule has 0 spiro atoms. The van der Waals surface area contributed by atoms with Gasteiger partial charge in [0.15, 0.2) is 0 Å². The van der Waals surface area contributed by atoms with Gasteiger partial charge in [-0.05, 0) is 18.6 Å². The molecule has 1 aromatic carbocycles. The zero-order chi connectivity index (χ0) is 14.0. The minimum atomic E-state index is -0.764. The van der Waals surface area contributed by atoms with E-state index in [-0.39, 0.29) is 11.3 Å². The highest BCUT2D eigenvalue weighted by atomic mass is 19.1. The number of hydrogen-bond acceptors (Lipinski definition) is 3. The highest BCUT2D eigenvalue weighted by Gasteiger charge is 2.15. The third kappa shape index (κ3) is 2.73. The number of halogens is 1. The number of phenolic OH excluding ortho intramolecular Hbond substituents is 1. The molecular formula is C13H14FN3O2. The molecule has 100 valence electrons. The highest BCUT2D eigenvalue weighted by Crippen LogP contribution is 2.18. The topological polar surface area (TPSA) is 67.2 Å². The second-order valence-corrected chi connectivity index (χ2v) is 4.13. The van der Waals surface area contributed by atoms with Crippen LogP contribution in [0.15, 0.2) is 24.4 Å². The molecule has 0 aliphatic carbocycles. The number of anilines is 1. The van der Waals surface area contributed by atoms with Crippen molar-refractivity contribution in [2.75, 3.05) is 5.32 Å². The van der Waals surface area contributed by atoms with Gasteiger partial charge in [0.05, 0.1) is 16.9 Å². The second kappa shape index (κ2) is 5.09. The fourth-order valence-corrected chi connectivity index (χ4v) is 1.78. The lowest BCUT2D eigenvalue weighted by Crippen LogP contribution is -2.14. The number of rotatable bonds is 3. The molecule has 2 N–H and O–H groups in total. The Hall–Kier alpha value is -2.37. The van der Waals surface area contributed by atoms with Crippen LogP contribution in [0.1, 0.15) is 23.0 Å². The van der Waals surface area contributed by atoms with Crippen molar-refractivity contribution in [2.45, 2.75) is 13.3 Å². The summed E-state index contributed by atoms with van der Waals surface area (Å²) < 4.78 is 15.1. The monoisotopic (exact) mass is 263 g/mol. The van der Waals surface area contributed by atoms with Gasteiger partial charge in [-0.15, -0.1) is 0 Å². The Labute approximate surface area is 109 Å². The lowest BCUT2D eigenvalue weighted by molar-refractivity contribution is 0.102. The number of aromatic nitrogens is 2. The van der Waals surface area contributed by atoms with Crippen molar-refractivity contribution in [3.8, 4) is 5.75 Å². The Morgan fingerprint density at radius 2 is 2.26 bits per heavy atom. The molecule has 0 saturated carbocycles. The minimum absolute atomic E-state index is 0.122. The standard InChI is InChI=1S/C13H14FN3O2/c1-3-11-12(7-17(2)16-11)15-13(19)9-5-4-8(18)6-10(9)14/h4-7,18H,3H2,1-2H3,(H,15,19). The van der Waals surface area contributed by atoms with E-state index in [9.17, 15) is 9.18 Å². The largest absolute Gasteiger partial charge is 0.508 e. The fraction of sp³-hybridized carbons (Fsp3) is 0.231. The molecular weight excluding hydrogens is 249 g/mol. The SMILES string of the molecule is CCc1nn(C)cc1NC(=O)c1ccc(O)cc1F. The van der Waals surface area contributed by atoms with Crippen LogP contribution in [0.4, 0.5) is 10.1 Å². The van der Waals surface area contributed by atoms with Gasteiger partial charge in [0.2, 0.25) is 0 Å². The third-order valence-electron chi connectivity index (χ3n) is 2.69. The van der Waals surface area contributed by atoms with Crippen molar-refractivity contribution >= 4 is 11.6 Å². The van der Waals surface area contributed by atoms with Crippen molar-refractivity contribution in [1.29, 1.82) is 0 Å². The first-order valence-corrected chi connectivity index (χ1v) is 5.83. The lowest BCUT2D eigenvalue weighted by atomic mass is 10.2. The molecule has 0 radical (unpaired) electrons. The van der Waals surface area contributed by atoms with E-state index in [1.165, 1.54) is 12.1 Å². The normalized spacial score (nSPS) is 10.5. The molecule has 19 heavy (non-hydrogen) atoms. The summed E-state index contributed by atoms with van der Waals surface area (Å²) in [6.07, 6.45) is 2.32. The molecule has 0 atom stereocenters. The summed E-state index contributed by atoms with van der Waals surface area (Å²) >= 11 is 0. The number of phenols is 1. The van der Waals surface area contributed by atoms with E-state index in [1.807, 2.05) is 6.92 Å². The average molecular weight is 263 g/mol. The Morgan fingerprint density at radius 1 is 1.53 bits per heavy atom. The number of nitrogens with one attached hydrogen (secondary N) is 1. The van der Waals surface area contributed by atoms with E-state index < -0.39 is 11.7 Å². The molecule has 0 bridgehead atoms. The van der Waals surface area contributed by atoms with E-state index in [0.717, 1.165) is 11.8 Å². The molecule has 1 amide bonds. The highest BCUT2D eigenvalue weighted by molar-refractivity contribution is 6.04. The first kappa shape index (κ1) is 13.1. The van der Waals surface area contributed by atoms with Gasteiger partial charge in [-0.2, -0.15) is 5.10 Å². The van der Waals surface area contributed by atoms with E-state index in [1.54, 1.807) is 17.9 Å². The van der Waals surface area contributed by atoms with Gasteiger partial charge in [0.25, 0.3) is 5.91 Å². The Kier molecular flexibility index (Phi) is 3.50. The van der Waals surface area contributed by atoms with Crippen LogP contribution >= 0.6 is 0 Å². The number of amides is 1. The molecule has 2 rings (SSSR count). The van der Waals surface area contributed by atoms with Crippen LogP contribution < -0.4 is 5.32 Å². The summed E-state index contributed by atoms with van der Waals surface area (Å²) in [6, 6.07) is 3.41. The summed E-state index contributed by atoms with van der Waals surface area (Å²) in [6.45, 7) is 1.92. The lowest BCUT2D eigenvalue weighted by Gasteiger charge is -2.05. The second-order valence-electron chi connectivity index (χ2n) is 4.13. The van der Waals surface area contributed by atoms with Crippen LogP contribution in [0, 0.1) is 5.82 Å². The van der Waals surface area contributed by atoms with Crippen molar-refractivity contribution in [3.63, 3.8) is 0 Å². The van der Waals surface area contributed by atoms with E-state index in [0.29, 0.717) is 12.1 Å². The van der Waals surface area contributed by atoms with Crippen molar-refractivity contribution < 1.29 is 14.3 Å². The molecule has 1 aromatic heterocycles. The van der Waals surface area contributed by atoms with Crippen LogP contribution in [0.5, 0.6) is 5.75 Å². The maximum Gasteiger partial charge on any atom is 0.258 e. The molecule has 1 heterocycles. The number of hydrogen-bond donors (Lipinski definition) is 2. The maximum absolute atomic E-state index is 13.5. The number of carbonyl (C=O) groups excluding carboxylic acids is 1. The van der Waals surface area contributed by atoms with Crippen molar-refractivity contribution in [3.05, 3.63) is 41.5 Å². The molecule has 0 aliphatic heterocycles. The predicted molar refractivity (Wildman–Crippen MR) is 68.6 cm³/mol. The average Bonchev–Trinajstić information content (AvgIpc) is 2.69. The van der Waals surface area contributed by atoms with Crippen LogP contribution in [0.25, 0.3) is 0 Å². The molecule has 5 nitrogen and oxygen atoms in total. The minimum Gasteiger partial charge on any atom is -0.508 e. The smallest absolute Gasteiger partial charge is 0.258 e. The maximum atomic E-state index is 13.5. The fourth-order valence-electron chi connectivity index (χ4n) is 1.78. The number of carbonyl (C=O) groups is 1. The van der Waals surface area contributed by atoms with Gasteiger partial charge in [0, 0.05) is 19.3 Å². The van der Waals surface area contributed by atoms with Crippen molar-refractivity contribution in [2.24, 2.45) is 7.05 Å². The zero-order valence-corrected chi connectivity index (χ0v) is 10.6. The number of benzene rings is 1. The van der Waals surface area contributed by atoms with Gasteiger partial charge in [-0.3, -0.25) is 9.48 Å². The van der Waals surface area contributed by atoms with Gasteiger partial charge in [0.1, 0.15) is 11.6 Å². The van der Waals surface area contributed by atoms with Gasteiger partial charge in [-0.25, -0.2) is 4.39 Å². The first-order valence-electron chi connectivity index (χ1n) is 5.83. The van der Waals surface area contributed by atoms with Crippen LogP contribution in [0.3, 0.4) is 0 Å². The molecule has 0 aliphatic rings. The molecule has 0 unspecified atom stereocenters. The van der Waals surface area contributed by atoms with Gasteiger partial charge < -0.3 is 10.4 Å². The van der Waals surface area contributed by atoms with Crippen LogP contribution in [-0.4, -0.2) is 20.8 Å². The van der Waals surface area contributed by atoms with E-state index in [4.69, 9.17) is 5.11 Å². The Bertz CT molecular complexity index is 622. The van der Waals surface area contributed by atoms with Crippen LogP contribution in [0.2, 0.25) is 0 Å². The van der Waals surface area contributed by atoms with Crippen molar-refractivity contribution in [1.82, 2.24) is 9.78 Å². The van der Waals surface area contributed by atoms with E-state index >= 15 is 0 Å². The number of aromatic hydroxyl groups is 1. The van der Waals surface area contributed by atoms with Gasteiger partial charge >= 0.3 is 0 Å². The zero-order valence-electron chi connectivity index (χ0n) is 10.6. The van der Waals surface area contributed by atoms with E-state index in [2.05, 4.69) is 10.4 Å². The predicted octanol–water partition coefficient (Wildman–Crippen LogP) is 2.08. The summed E-state index contributed by atoms with van der Waals surface area (Å²) in [5.41, 5.74) is 1.17.